The first-order chi connectivity index (χ1) is 12.4. The molecule has 152 valence electrons. The van der Waals surface area contributed by atoms with Gasteiger partial charge in [0, 0.05) is 38.4 Å². The van der Waals surface area contributed by atoms with Crippen molar-refractivity contribution in [3.63, 3.8) is 0 Å². The fourth-order valence-corrected chi connectivity index (χ4v) is 3.30. The summed E-state index contributed by atoms with van der Waals surface area (Å²) in [5.41, 5.74) is -0.392. The second-order valence-electron chi connectivity index (χ2n) is 7.97. The maximum atomic E-state index is 13.8. The Labute approximate surface area is 207 Å². The molecule has 0 aromatic heterocycles. The molecule has 0 radical (unpaired) electrons. The third-order valence-corrected chi connectivity index (χ3v) is 4.58. The number of piperazine rings is 1. The van der Waals surface area contributed by atoms with Crippen LogP contribution in [0.2, 0.25) is 0 Å². The molecular formula is C18H28BF3KN3O2. The average molecular weight is 425 g/mol. The zero-order valence-corrected chi connectivity index (χ0v) is 20.7. The third-order valence-electron chi connectivity index (χ3n) is 4.58. The first-order valence-corrected chi connectivity index (χ1v) is 9.14. The van der Waals surface area contributed by atoms with Crippen LogP contribution in [-0.2, 0) is 11.3 Å². The molecule has 1 fully saturated rings. The van der Waals surface area contributed by atoms with E-state index in [1.807, 2.05) is 0 Å². The van der Waals surface area contributed by atoms with Gasteiger partial charge in [0.15, 0.2) is 0 Å². The van der Waals surface area contributed by atoms with Crippen LogP contribution < -0.4 is 67.5 Å². The van der Waals surface area contributed by atoms with Crippen molar-refractivity contribution in [2.24, 2.45) is 0 Å². The Morgan fingerprint density at radius 3 is 2.29 bits per heavy atom. The Bertz CT molecular complexity index is 703. The van der Waals surface area contributed by atoms with Gasteiger partial charge in [0.1, 0.15) is 5.60 Å². The van der Waals surface area contributed by atoms with E-state index in [-0.39, 0.29) is 68.2 Å². The number of anilines is 1. The van der Waals surface area contributed by atoms with E-state index in [9.17, 15) is 17.7 Å². The molecule has 0 saturated carbocycles. The monoisotopic (exact) mass is 425 g/mol. The maximum Gasteiger partial charge on any atom is 1.00 e. The minimum absolute atomic E-state index is 0. The number of hydrogen-bond donors (Lipinski definition) is 2. The normalized spacial score (nSPS) is 15.7. The molecule has 1 saturated heterocycles. The Morgan fingerprint density at radius 1 is 1.21 bits per heavy atom. The van der Waals surface area contributed by atoms with Gasteiger partial charge in [0.2, 0.25) is 0 Å². The van der Waals surface area contributed by atoms with Crippen LogP contribution in [0.1, 0.15) is 37.5 Å². The smallest absolute Gasteiger partial charge is 0.445 e. The number of nitrogens with one attached hydrogen (secondary N) is 2. The molecule has 10 heteroatoms. The van der Waals surface area contributed by atoms with Crippen LogP contribution in [0.5, 0.6) is 0 Å². The standard InChI is InChI=1S/C18H28BF3N3O2.K/c1-12-14(11-25-8-6-23-7-9-25)10-15(13(2)16(12)19(20,21)22)24-17(26)27-18(3,4)5;/h10,23H,6-9,11H2,1-5H3,(H,24,26);/q-1;+1. The van der Waals surface area contributed by atoms with Gasteiger partial charge in [0.05, 0.1) is 0 Å². The van der Waals surface area contributed by atoms with E-state index in [0.717, 1.165) is 26.2 Å². The number of amides is 1. The van der Waals surface area contributed by atoms with E-state index in [2.05, 4.69) is 15.5 Å². The number of ether oxygens (including phenoxy) is 1. The maximum absolute atomic E-state index is 13.8. The molecule has 2 rings (SSSR count). The van der Waals surface area contributed by atoms with Crippen LogP contribution in [0.25, 0.3) is 0 Å². The number of nitrogens with zero attached hydrogens (tertiary/aromatic N) is 1. The summed E-state index contributed by atoms with van der Waals surface area (Å²) in [6, 6.07) is 1.64. The Hall–Kier alpha value is -0.0987. The predicted molar refractivity (Wildman–Crippen MR) is 103 cm³/mol. The summed E-state index contributed by atoms with van der Waals surface area (Å²) in [6.07, 6.45) is -0.761. The number of hydrogen-bond acceptors (Lipinski definition) is 4. The Balaban J connectivity index is 0.00000392. The first kappa shape index (κ1) is 25.9. The summed E-state index contributed by atoms with van der Waals surface area (Å²) >= 11 is 0. The van der Waals surface area contributed by atoms with E-state index >= 15 is 0 Å². The molecule has 1 aliphatic rings. The number of benzene rings is 1. The molecule has 0 aliphatic carbocycles. The molecule has 0 unspecified atom stereocenters. The summed E-state index contributed by atoms with van der Waals surface area (Å²) in [7, 11) is 0. The summed E-state index contributed by atoms with van der Waals surface area (Å²) in [5, 5.41) is 5.73. The van der Waals surface area contributed by atoms with Gasteiger partial charge in [-0.1, -0.05) is 11.1 Å². The number of halogens is 3. The fourth-order valence-electron chi connectivity index (χ4n) is 3.30. The molecule has 1 aliphatic heterocycles. The molecule has 1 aromatic rings. The van der Waals surface area contributed by atoms with E-state index in [1.165, 1.54) is 13.8 Å². The van der Waals surface area contributed by atoms with Gasteiger partial charge < -0.3 is 23.0 Å². The van der Waals surface area contributed by atoms with E-state index in [1.54, 1.807) is 26.8 Å². The minimum Gasteiger partial charge on any atom is -0.445 e. The van der Waals surface area contributed by atoms with Gasteiger partial charge in [-0.2, -0.15) is 0 Å². The van der Waals surface area contributed by atoms with Crippen LogP contribution in [0, 0.1) is 13.8 Å². The summed E-state index contributed by atoms with van der Waals surface area (Å²) in [4.78, 5) is 14.2. The molecule has 0 atom stereocenters. The van der Waals surface area contributed by atoms with E-state index in [0.29, 0.717) is 12.1 Å². The number of carbonyl (C=O) groups excluding carboxylic acids is 1. The second-order valence-corrected chi connectivity index (χ2v) is 7.97. The third kappa shape index (κ3) is 7.30. The average Bonchev–Trinajstić information content (AvgIpc) is 2.50. The van der Waals surface area contributed by atoms with Crippen molar-refractivity contribution >= 4 is 24.2 Å². The van der Waals surface area contributed by atoms with Gasteiger partial charge in [-0.15, -0.1) is 5.46 Å². The SMILES string of the molecule is Cc1c(CN2CCNCC2)cc(NC(=O)OC(C)(C)C)c(C)c1[B-](F)(F)F.[K+]. The molecule has 1 heterocycles. The minimum atomic E-state index is -5.21. The zero-order chi connectivity index (χ0) is 20.4. The van der Waals surface area contributed by atoms with Crippen molar-refractivity contribution in [2.75, 3.05) is 31.5 Å². The van der Waals surface area contributed by atoms with Crippen molar-refractivity contribution in [3.05, 3.63) is 22.8 Å². The number of carbonyl (C=O) groups is 1. The van der Waals surface area contributed by atoms with Gasteiger partial charge in [-0.3, -0.25) is 10.2 Å². The molecule has 1 aromatic carbocycles. The fraction of sp³-hybridized carbons (Fsp3) is 0.611. The quantitative estimate of drug-likeness (QED) is 0.673. The van der Waals surface area contributed by atoms with Crippen LogP contribution in [0.3, 0.4) is 0 Å². The van der Waals surface area contributed by atoms with E-state index in [4.69, 9.17) is 4.74 Å². The van der Waals surface area contributed by atoms with Crippen LogP contribution in [0.4, 0.5) is 23.4 Å². The molecule has 0 spiro atoms. The molecule has 5 nitrogen and oxygen atoms in total. The largest absolute Gasteiger partial charge is 1.00 e. The molecule has 2 N–H and O–H groups in total. The van der Waals surface area contributed by atoms with Crippen molar-refractivity contribution in [3.8, 4) is 0 Å². The van der Waals surface area contributed by atoms with Gasteiger partial charge in [0.25, 0.3) is 0 Å². The zero-order valence-electron chi connectivity index (χ0n) is 17.6. The molecule has 0 bridgehead atoms. The summed E-state index contributed by atoms with van der Waals surface area (Å²) < 4.78 is 46.5. The van der Waals surface area contributed by atoms with E-state index < -0.39 is 24.1 Å². The number of rotatable bonds is 4. The Morgan fingerprint density at radius 2 is 1.79 bits per heavy atom. The van der Waals surface area contributed by atoms with Crippen molar-refractivity contribution in [1.82, 2.24) is 10.2 Å². The predicted octanol–water partition coefficient (Wildman–Crippen LogP) is 0.114. The molecule has 28 heavy (non-hydrogen) atoms. The molecule has 1 amide bonds. The van der Waals surface area contributed by atoms with Gasteiger partial charge >= 0.3 is 64.5 Å². The van der Waals surface area contributed by atoms with Crippen molar-refractivity contribution in [2.45, 2.75) is 46.8 Å². The van der Waals surface area contributed by atoms with Crippen molar-refractivity contribution < 1.29 is 73.9 Å². The summed E-state index contributed by atoms with van der Waals surface area (Å²) in [5.74, 6) is 0. The summed E-state index contributed by atoms with van der Waals surface area (Å²) in [6.45, 7) is 6.37. The van der Waals surface area contributed by atoms with Crippen LogP contribution in [-0.4, -0.2) is 49.8 Å². The topological polar surface area (TPSA) is 53.6 Å². The van der Waals surface area contributed by atoms with Crippen molar-refractivity contribution in [1.29, 1.82) is 0 Å². The molecular weight excluding hydrogens is 397 g/mol. The second kappa shape index (κ2) is 10.3. The van der Waals surface area contributed by atoms with Gasteiger partial charge in [-0.05, 0) is 46.2 Å². The Kier molecular flexibility index (Phi) is 9.52. The van der Waals surface area contributed by atoms with Crippen LogP contribution >= 0.6 is 0 Å². The van der Waals surface area contributed by atoms with Gasteiger partial charge in [-0.25, -0.2) is 4.79 Å². The van der Waals surface area contributed by atoms with Crippen LogP contribution in [0.15, 0.2) is 6.07 Å². The first-order valence-electron chi connectivity index (χ1n) is 9.14.